The van der Waals surface area contributed by atoms with Crippen LogP contribution in [0.25, 0.3) is 0 Å². The SMILES string of the molecule is Cc1n(CO)cc[n+]1C. The largest absolute Gasteiger partial charge is 0.358 e. The molecule has 0 fully saturated rings. The van der Waals surface area contributed by atoms with Crippen molar-refractivity contribution < 1.29 is 9.67 Å². The van der Waals surface area contributed by atoms with Crippen LogP contribution in [0.1, 0.15) is 5.82 Å². The predicted octanol–water partition coefficient (Wildman–Crippen LogP) is -0.429. The van der Waals surface area contributed by atoms with Gasteiger partial charge in [0.1, 0.15) is 12.4 Å². The molecule has 50 valence electrons. The van der Waals surface area contributed by atoms with E-state index in [0.29, 0.717) is 0 Å². The third-order valence-corrected chi connectivity index (χ3v) is 1.55. The molecule has 0 aliphatic carbocycles. The fourth-order valence-electron chi connectivity index (χ4n) is 0.748. The van der Waals surface area contributed by atoms with Crippen molar-refractivity contribution >= 4 is 0 Å². The fraction of sp³-hybridized carbons (Fsp3) is 0.500. The number of hydrogen-bond acceptors (Lipinski definition) is 1. The Labute approximate surface area is 54.2 Å². The molecule has 0 radical (unpaired) electrons. The van der Waals surface area contributed by atoms with Gasteiger partial charge in [-0.1, -0.05) is 0 Å². The Morgan fingerprint density at radius 1 is 1.78 bits per heavy atom. The first-order valence-corrected chi connectivity index (χ1v) is 2.88. The van der Waals surface area contributed by atoms with Gasteiger partial charge in [-0.25, -0.2) is 9.13 Å². The van der Waals surface area contributed by atoms with Crippen LogP contribution in [0.4, 0.5) is 0 Å². The van der Waals surface area contributed by atoms with Gasteiger partial charge in [0.25, 0.3) is 5.82 Å². The van der Waals surface area contributed by atoms with E-state index in [1.54, 1.807) is 4.57 Å². The van der Waals surface area contributed by atoms with E-state index in [-0.39, 0.29) is 6.73 Å². The van der Waals surface area contributed by atoms with Gasteiger partial charge in [-0.2, -0.15) is 0 Å². The molecular formula is C6H11N2O+. The smallest absolute Gasteiger partial charge is 0.254 e. The van der Waals surface area contributed by atoms with Gasteiger partial charge in [0.05, 0.1) is 7.05 Å². The van der Waals surface area contributed by atoms with E-state index in [0.717, 1.165) is 5.82 Å². The van der Waals surface area contributed by atoms with Gasteiger partial charge in [0.15, 0.2) is 6.73 Å². The molecule has 9 heavy (non-hydrogen) atoms. The molecule has 0 spiro atoms. The third-order valence-electron chi connectivity index (χ3n) is 1.55. The van der Waals surface area contributed by atoms with Crippen LogP contribution in [0.2, 0.25) is 0 Å². The number of rotatable bonds is 1. The van der Waals surface area contributed by atoms with Crippen molar-refractivity contribution in [2.75, 3.05) is 0 Å². The Bertz CT molecular complexity index is 205. The summed E-state index contributed by atoms with van der Waals surface area (Å²) in [5, 5.41) is 8.68. The second-order valence-electron chi connectivity index (χ2n) is 2.07. The van der Waals surface area contributed by atoms with E-state index in [9.17, 15) is 0 Å². The van der Waals surface area contributed by atoms with Crippen LogP contribution in [0, 0.1) is 6.92 Å². The second kappa shape index (κ2) is 2.19. The monoisotopic (exact) mass is 127 g/mol. The van der Waals surface area contributed by atoms with Crippen molar-refractivity contribution in [3.05, 3.63) is 18.2 Å². The molecule has 3 nitrogen and oxygen atoms in total. The fourth-order valence-corrected chi connectivity index (χ4v) is 0.748. The molecule has 0 amide bonds. The molecule has 0 saturated carbocycles. The average molecular weight is 127 g/mol. The van der Waals surface area contributed by atoms with E-state index in [4.69, 9.17) is 5.11 Å². The molecule has 1 N–H and O–H groups in total. The predicted molar refractivity (Wildman–Crippen MR) is 32.6 cm³/mol. The quantitative estimate of drug-likeness (QED) is 0.510. The Balaban J connectivity index is 3.04. The minimum Gasteiger partial charge on any atom is -0.358 e. The topological polar surface area (TPSA) is 29.0 Å². The normalized spacial score (nSPS) is 10.1. The highest BCUT2D eigenvalue weighted by Gasteiger charge is 2.04. The molecule has 0 saturated heterocycles. The maximum Gasteiger partial charge on any atom is 0.254 e. The number of aliphatic hydroxyl groups is 1. The molecule has 0 bridgehead atoms. The van der Waals surface area contributed by atoms with Gasteiger partial charge in [0, 0.05) is 6.92 Å². The summed E-state index contributed by atoms with van der Waals surface area (Å²) in [4.78, 5) is 0. The van der Waals surface area contributed by atoms with E-state index in [1.165, 1.54) is 0 Å². The Morgan fingerprint density at radius 2 is 2.44 bits per heavy atom. The molecule has 0 aliphatic heterocycles. The highest BCUT2D eigenvalue weighted by atomic mass is 16.3. The molecule has 0 atom stereocenters. The van der Waals surface area contributed by atoms with Crippen LogP contribution >= 0.6 is 0 Å². The van der Waals surface area contributed by atoms with Crippen molar-refractivity contribution in [2.45, 2.75) is 13.7 Å². The summed E-state index contributed by atoms with van der Waals surface area (Å²) >= 11 is 0. The lowest BCUT2D eigenvalue weighted by molar-refractivity contribution is -0.677. The minimum absolute atomic E-state index is 0.0622. The van der Waals surface area contributed by atoms with Gasteiger partial charge in [0.2, 0.25) is 0 Å². The van der Waals surface area contributed by atoms with Crippen molar-refractivity contribution in [3.8, 4) is 0 Å². The summed E-state index contributed by atoms with van der Waals surface area (Å²) in [6.07, 6.45) is 3.75. The molecule has 1 rings (SSSR count). The van der Waals surface area contributed by atoms with Gasteiger partial charge in [-0.15, -0.1) is 0 Å². The Hall–Kier alpha value is -0.830. The van der Waals surface area contributed by atoms with Crippen molar-refractivity contribution in [3.63, 3.8) is 0 Å². The highest BCUT2D eigenvalue weighted by molar-refractivity contribution is 4.76. The first-order valence-electron chi connectivity index (χ1n) is 2.88. The van der Waals surface area contributed by atoms with Gasteiger partial charge in [-0.3, -0.25) is 0 Å². The van der Waals surface area contributed by atoms with Gasteiger partial charge < -0.3 is 5.11 Å². The van der Waals surface area contributed by atoms with Crippen LogP contribution in [0.15, 0.2) is 12.4 Å². The first kappa shape index (κ1) is 6.29. The zero-order valence-electron chi connectivity index (χ0n) is 5.70. The van der Waals surface area contributed by atoms with Crippen LogP contribution in [-0.4, -0.2) is 9.67 Å². The highest BCUT2D eigenvalue weighted by Crippen LogP contribution is 1.88. The van der Waals surface area contributed by atoms with E-state index >= 15 is 0 Å². The van der Waals surface area contributed by atoms with Gasteiger partial charge in [-0.05, 0) is 0 Å². The molecule has 1 heterocycles. The lowest BCUT2D eigenvalue weighted by atomic mass is 10.7. The summed E-state index contributed by atoms with van der Waals surface area (Å²) < 4.78 is 3.72. The summed E-state index contributed by atoms with van der Waals surface area (Å²) in [7, 11) is 1.95. The van der Waals surface area contributed by atoms with Crippen LogP contribution < -0.4 is 4.57 Å². The van der Waals surface area contributed by atoms with E-state index in [2.05, 4.69) is 0 Å². The summed E-state index contributed by atoms with van der Waals surface area (Å²) in [6.45, 7) is 2.02. The zero-order chi connectivity index (χ0) is 6.85. The number of aromatic nitrogens is 2. The minimum atomic E-state index is 0.0622. The molecular weight excluding hydrogens is 116 g/mol. The maximum absolute atomic E-state index is 8.68. The number of imidazole rings is 1. The zero-order valence-corrected chi connectivity index (χ0v) is 5.70. The standard InChI is InChI=1S/C6H11N2O/c1-6-7(2)3-4-8(6)5-9/h3-4,9H,5H2,1-2H3/q+1. The maximum atomic E-state index is 8.68. The number of nitrogens with zero attached hydrogens (tertiary/aromatic N) is 2. The average Bonchev–Trinajstić information content (AvgIpc) is 2.15. The number of hydrogen-bond donors (Lipinski definition) is 1. The molecule has 1 aromatic rings. The molecule has 1 aromatic heterocycles. The molecule has 0 aromatic carbocycles. The number of aryl methyl sites for hydroxylation is 1. The van der Waals surface area contributed by atoms with Crippen LogP contribution in [-0.2, 0) is 13.8 Å². The van der Waals surface area contributed by atoms with E-state index < -0.39 is 0 Å². The summed E-state index contributed by atoms with van der Waals surface area (Å²) in [6, 6.07) is 0. The van der Waals surface area contributed by atoms with Crippen LogP contribution in [0.5, 0.6) is 0 Å². The molecule has 0 aliphatic rings. The Morgan fingerprint density at radius 3 is 2.67 bits per heavy atom. The third kappa shape index (κ3) is 0.954. The summed E-state index contributed by atoms with van der Waals surface area (Å²) in [5.41, 5.74) is 0. The first-order chi connectivity index (χ1) is 4.25. The summed E-state index contributed by atoms with van der Waals surface area (Å²) in [5.74, 6) is 1.05. The Kier molecular flexibility index (Phi) is 1.53. The van der Waals surface area contributed by atoms with Crippen molar-refractivity contribution in [1.29, 1.82) is 0 Å². The van der Waals surface area contributed by atoms with Crippen LogP contribution in [0.3, 0.4) is 0 Å². The lowest BCUT2D eigenvalue weighted by Gasteiger charge is -1.89. The molecule has 0 unspecified atom stereocenters. The number of aliphatic hydroxyl groups excluding tert-OH is 1. The lowest BCUT2D eigenvalue weighted by Crippen LogP contribution is -2.29. The van der Waals surface area contributed by atoms with Crippen molar-refractivity contribution in [2.24, 2.45) is 7.05 Å². The molecule has 3 heteroatoms. The van der Waals surface area contributed by atoms with E-state index in [1.807, 2.05) is 30.9 Å². The van der Waals surface area contributed by atoms with Crippen molar-refractivity contribution in [1.82, 2.24) is 4.57 Å². The van der Waals surface area contributed by atoms with Gasteiger partial charge >= 0.3 is 0 Å². The second-order valence-corrected chi connectivity index (χ2v) is 2.07.